The van der Waals surface area contributed by atoms with Gasteiger partial charge in [0.15, 0.2) is 0 Å². The number of likely N-dealkylation sites (tertiary alicyclic amines) is 1. The normalized spacial score (nSPS) is 19.4. The van der Waals surface area contributed by atoms with Gasteiger partial charge >= 0.3 is 6.03 Å². The van der Waals surface area contributed by atoms with Gasteiger partial charge in [-0.05, 0) is 37.7 Å². The molecule has 1 aliphatic heterocycles. The number of para-hydroxylation sites is 1. The van der Waals surface area contributed by atoms with Crippen LogP contribution in [0.25, 0.3) is 11.0 Å². The van der Waals surface area contributed by atoms with E-state index in [1.807, 2.05) is 36.1 Å². The summed E-state index contributed by atoms with van der Waals surface area (Å²) in [5, 5.41) is 13.6. The van der Waals surface area contributed by atoms with Crippen LogP contribution in [0.2, 0.25) is 0 Å². The van der Waals surface area contributed by atoms with Crippen LogP contribution in [-0.2, 0) is 0 Å². The lowest BCUT2D eigenvalue weighted by atomic mass is 9.97. The van der Waals surface area contributed by atoms with Crippen molar-refractivity contribution < 1.29 is 14.3 Å². The largest absolute Gasteiger partial charge is 0.459 e. The minimum absolute atomic E-state index is 0.0725. The lowest BCUT2D eigenvalue weighted by molar-refractivity contribution is 0.125. The maximum absolute atomic E-state index is 12.8. The van der Waals surface area contributed by atoms with E-state index in [0.717, 1.165) is 41.7 Å². The molecule has 1 aliphatic rings. The summed E-state index contributed by atoms with van der Waals surface area (Å²) in [5.41, 5.74) is 1.94. The third-order valence-electron chi connectivity index (χ3n) is 5.17. The number of furan rings is 1. The number of carbonyl (C=O) groups is 1. The highest BCUT2D eigenvalue weighted by atomic mass is 16.3. The molecule has 5 nitrogen and oxygen atoms in total. The molecule has 0 spiro atoms. The zero-order valence-corrected chi connectivity index (χ0v) is 15.3. The Morgan fingerprint density at radius 2 is 2.16 bits per heavy atom. The number of carbonyl (C=O) groups excluding carboxylic acids is 1. The summed E-state index contributed by atoms with van der Waals surface area (Å²) in [4.78, 5) is 14.6. The molecule has 0 saturated carbocycles. The number of aryl methyl sites for hydroxylation is 1. The van der Waals surface area contributed by atoms with Crippen molar-refractivity contribution in [1.82, 2.24) is 10.2 Å². The molecule has 2 amide bonds. The number of aliphatic hydroxyl groups is 1. The number of piperidine rings is 1. The number of amides is 2. The van der Waals surface area contributed by atoms with Crippen molar-refractivity contribution in [2.24, 2.45) is 11.8 Å². The molecule has 136 valence electrons. The highest BCUT2D eigenvalue weighted by Crippen LogP contribution is 2.33. The highest BCUT2D eigenvalue weighted by Gasteiger charge is 2.29. The van der Waals surface area contributed by atoms with Crippen molar-refractivity contribution in [2.75, 3.05) is 19.7 Å². The zero-order chi connectivity index (χ0) is 18.0. The van der Waals surface area contributed by atoms with Gasteiger partial charge in [0.05, 0.1) is 6.04 Å². The van der Waals surface area contributed by atoms with Crippen molar-refractivity contribution in [3.8, 4) is 0 Å². The van der Waals surface area contributed by atoms with Crippen LogP contribution < -0.4 is 5.32 Å². The molecule has 1 saturated heterocycles. The van der Waals surface area contributed by atoms with Crippen molar-refractivity contribution in [2.45, 2.75) is 39.7 Å². The third-order valence-corrected chi connectivity index (χ3v) is 5.17. The summed E-state index contributed by atoms with van der Waals surface area (Å²) in [5.74, 6) is 1.23. The van der Waals surface area contributed by atoms with Gasteiger partial charge in [-0.1, -0.05) is 32.0 Å². The Hall–Kier alpha value is -2.01. The van der Waals surface area contributed by atoms with E-state index in [9.17, 15) is 9.90 Å². The zero-order valence-electron chi connectivity index (χ0n) is 15.3. The van der Waals surface area contributed by atoms with E-state index in [1.54, 1.807) is 0 Å². The molecule has 25 heavy (non-hydrogen) atoms. The van der Waals surface area contributed by atoms with Gasteiger partial charge in [-0.2, -0.15) is 0 Å². The molecule has 2 N–H and O–H groups in total. The van der Waals surface area contributed by atoms with Crippen LogP contribution in [0.5, 0.6) is 0 Å². The quantitative estimate of drug-likeness (QED) is 0.885. The maximum atomic E-state index is 12.8. The Kier molecular flexibility index (Phi) is 5.33. The van der Waals surface area contributed by atoms with Crippen molar-refractivity contribution in [1.29, 1.82) is 0 Å². The van der Waals surface area contributed by atoms with Crippen LogP contribution in [-0.4, -0.2) is 35.7 Å². The lowest BCUT2D eigenvalue weighted by Gasteiger charge is -2.33. The summed E-state index contributed by atoms with van der Waals surface area (Å²) in [6.07, 6.45) is 1.92. The van der Waals surface area contributed by atoms with E-state index < -0.39 is 0 Å². The second-order valence-corrected chi connectivity index (χ2v) is 7.40. The Morgan fingerprint density at radius 1 is 1.40 bits per heavy atom. The van der Waals surface area contributed by atoms with Gasteiger partial charge in [0.1, 0.15) is 11.3 Å². The molecule has 0 bridgehead atoms. The number of nitrogens with zero attached hydrogens (tertiary/aromatic N) is 1. The summed E-state index contributed by atoms with van der Waals surface area (Å²) < 4.78 is 6.08. The van der Waals surface area contributed by atoms with Crippen molar-refractivity contribution in [3.63, 3.8) is 0 Å². The van der Waals surface area contributed by atoms with Gasteiger partial charge < -0.3 is 19.7 Å². The predicted octanol–water partition coefficient (Wildman–Crippen LogP) is 3.85. The average Bonchev–Trinajstić information content (AvgIpc) is 2.96. The van der Waals surface area contributed by atoms with Gasteiger partial charge in [0.2, 0.25) is 0 Å². The maximum Gasteiger partial charge on any atom is 0.318 e. The Bertz CT molecular complexity index is 738. The average molecular weight is 344 g/mol. The van der Waals surface area contributed by atoms with Gasteiger partial charge in [0.25, 0.3) is 0 Å². The number of benzene rings is 1. The molecular weight excluding hydrogens is 316 g/mol. The smallest absolute Gasteiger partial charge is 0.318 e. The van der Waals surface area contributed by atoms with Crippen molar-refractivity contribution >= 4 is 17.0 Å². The van der Waals surface area contributed by atoms with Crippen LogP contribution in [0.4, 0.5) is 4.79 Å². The predicted molar refractivity (Wildman–Crippen MR) is 98.4 cm³/mol. The molecule has 2 unspecified atom stereocenters. The second kappa shape index (κ2) is 7.48. The number of rotatable bonds is 4. The summed E-state index contributed by atoms with van der Waals surface area (Å²) in [6, 6.07) is 7.72. The molecule has 2 heterocycles. The molecule has 1 aromatic carbocycles. The fourth-order valence-corrected chi connectivity index (χ4v) is 3.65. The number of hydrogen-bond acceptors (Lipinski definition) is 3. The number of urea groups is 1. The number of aliphatic hydroxyl groups excluding tert-OH is 1. The molecule has 5 heteroatoms. The summed E-state index contributed by atoms with van der Waals surface area (Å²) >= 11 is 0. The van der Waals surface area contributed by atoms with E-state index in [-0.39, 0.29) is 30.5 Å². The van der Waals surface area contributed by atoms with E-state index in [0.29, 0.717) is 6.54 Å². The van der Waals surface area contributed by atoms with Crippen molar-refractivity contribution in [3.05, 3.63) is 35.6 Å². The Labute approximate surface area is 149 Å². The minimum atomic E-state index is -0.172. The summed E-state index contributed by atoms with van der Waals surface area (Å²) in [7, 11) is 0. The number of nitrogens with one attached hydrogen (secondary N) is 1. The minimum Gasteiger partial charge on any atom is -0.459 e. The van der Waals surface area contributed by atoms with Crippen LogP contribution in [0.3, 0.4) is 0 Å². The monoisotopic (exact) mass is 344 g/mol. The van der Waals surface area contributed by atoms with Gasteiger partial charge in [-0.3, -0.25) is 0 Å². The van der Waals surface area contributed by atoms with E-state index >= 15 is 0 Å². The molecule has 2 aromatic rings. The van der Waals surface area contributed by atoms with Gasteiger partial charge in [-0.15, -0.1) is 0 Å². The van der Waals surface area contributed by atoms with Crippen LogP contribution >= 0.6 is 0 Å². The first-order chi connectivity index (χ1) is 12.0. The highest BCUT2D eigenvalue weighted by molar-refractivity contribution is 5.82. The topological polar surface area (TPSA) is 65.7 Å². The van der Waals surface area contributed by atoms with Crippen LogP contribution in [0, 0.1) is 18.8 Å². The Balaban J connectivity index is 1.81. The fraction of sp³-hybridized carbons (Fsp3) is 0.550. The number of hydrogen-bond donors (Lipinski definition) is 2. The van der Waals surface area contributed by atoms with Crippen LogP contribution in [0.1, 0.15) is 44.1 Å². The lowest BCUT2D eigenvalue weighted by Crippen LogP contribution is -2.47. The first-order valence-electron chi connectivity index (χ1n) is 9.15. The molecular formula is C20H28N2O3. The van der Waals surface area contributed by atoms with E-state index in [4.69, 9.17) is 4.42 Å². The molecule has 0 aliphatic carbocycles. The molecule has 3 rings (SSSR count). The fourth-order valence-electron chi connectivity index (χ4n) is 3.65. The first-order valence-corrected chi connectivity index (χ1v) is 9.15. The second-order valence-electron chi connectivity index (χ2n) is 7.40. The summed E-state index contributed by atoms with van der Waals surface area (Å²) in [6.45, 7) is 7.72. The standard InChI is InChI=1S/C20H28N2O3/c1-13(2)18(19-14(3)16-8-4-5-9-17(16)25-19)21-20(24)22-10-6-7-15(11-22)12-23/h4-5,8-9,13,15,18,23H,6-7,10-12H2,1-3H3,(H,21,24). The molecule has 1 fully saturated rings. The third kappa shape index (κ3) is 3.66. The van der Waals surface area contributed by atoms with E-state index in [1.165, 1.54) is 0 Å². The first kappa shape index (κ1) is 17.8. The van der Waals surface area contributed by atoms with Gasteiger partial charge in [-0.25, -0.2) is 4.79 Å². The molecule has 1 aromatic heterocycles. The van der Waals surface area contributed by atoms with Gasteiger partial charge in [0, 0.05) is 30.6 Å². The number of fused-ring (bicyclic) bond motifs is 1. The van der Waals surface area contributed by atoms with E-state index in [2.05, 4.69) is 19.2 Å². The molecule has 0 radical (unpaired) electrons. The van der Waals surface area contributed by atoms with Crippen LogP contribution in [0.15, 0.2) is 28.7 Å². The SMILES string of the molecule is Cc1c(C(NC(=O)N2CCCC(CO)C2)C(C)C)oc2ccccc12. The Morgan fingerprint density at radius 3 is 2.84 bits per heavy atom. The molecule has 2 atom stereocenters.